The highest BCUT2D eigenvalue weighted by molar-refractivity contribution is 6.12. The number of hydrogen-bond acceptors (Lipinski definition) is 2. The fourth-order valence-corrected chi connectivity index (χ4v) is 2.11. The Bertz CT molecular complexity index is 778. The van der Waals surface area contributed by atoms with Crippen molar-refractivity contribution >= 4 is 27.7 Å². The van der Waals surface area contributed by atoms with Crippen molar-refractivity contribution in [1.29, 1.82) is 0 Å². The van der Waals surface area contributed by atoms with Gasteiger partial charge in [0.25, 0.3) is 0 Å². The topological polar surface area (TPSA) is 30.2 Å². The van der Waals surface area contributed by atoms with Crippen LogP contribution in [0.2, 0.25) is 0 Å². The smallest absolute Gasteiger partial charge is 0.188 e. The van der Waals surface area contributed by atoms with Gasteiger partial charge in [-0.2, -0.15) is 0 Å². The molecule has 3 rings (SSSR count). The van der Waals surface area contributed by atoms with Crippen molar-refractivity contribution in [2.45, 2.75) is 6.92 Å². The van der Waals surface area contributed by atoms with Crippen LogP contribution in [0.1, 0.15) is 17.3 Å². The molecule has 0 spiro atoms. The maximum Gasteiger partial charge on any atom is 0.188 e. The zero-order chi connectivity index (χ0) is 12.7. The molecule has 2 nitrogen and oxygen atoms in total. The lowest BCUT2D eigenvalue weighted by molar-refractivity contribution is 0.103. The van der Waals surface area contributed by atoms with Gasteiger partial charge in [-0.25, -0.2) is 0 Å². The van der Waals surface area contributed by atoms with Crippen LogP contribution in [-0.4, -0.2) is 5.78 Å². The van der Waals surface area contributed by atoms with E-state index in [-0.39, 0.29) is 5.78 Å². The van der Waals surface area contributed by atoms with Gasteiger partial charge >= 0.3 is 0 Å². The van der Waals surface area contributed by atoms with Crippen molar-refractivity contribution in [3.8, 4) is 0 Å². The van der Waals surface area contributed by atoms with Crippen molar-refractivity contribution in [3.05, 3.63) is 60.2 Å². The average molecular weight is 236 g/mol. The maximum atomic E-state index is 11.9. The first kappa shape index (κ1) is 10.8. The number of furan rings is 1. The van der Waals surface area contributed by atoms with E-state index in [4.69, 9.17) is 4.42 Å². The van der Waals surface area contributed by atoms with Gasteiger partial charge in [0.15, 0.2) is 5.78 Å². The van der Waals surface area contributed by atoms with Gasteiger partial charge in [0.05, 0.1) is 0 Å². The Morgan fingerprint density at radius 3 is 2.56 bits per heavy atom. The second-order valence-corrected chi connectivity index (χ2v) is 4.42. The molecule has 0 saturated heterocycles. The summed E-state index contributed by atoms with van der Waals surface area (Å²) in [7, 11) is 0. The van der Waals surface area contributed by atoms with E-state index >= 15 is 0 Å². The molecule has 0 saturated carbocycles. The number of carbonyl (C=O) groups excluding carboxylic acids is 1. The van der Waals surface area contributed by atoms with E-state index in [0.29, 0.717) is 11.1 Å². The molecule has 0 radical (unpaired) electrons. The van der Waals surface area contributed by atoms with E-state index in [1.54, 1.807) is 13.0 Å². The summed E-state index contributed by atoms with van der Waals surface area (Å²) in [6, 6.07) is 13.3. The van der Waals surface area contributed by atoms with Crippen LogP contribution in [0.15, 0.2) is 59.0 Å². The van der Waals surface area contributed by atoms with Crippen molar-refractivity contribution in [1.82, 2.24) is 0 Å². The summed E-state index contributed by atoms with van der Waals surface area (Å²) in [5.74, 6) is -0.0258. The number of benzene rings is 2. The molecule has 0 N–H and O–H groups in total. The first-order valence-electron chi connectivity index (χ1n) is 5.78. The van der Waals surface area contributed by atoms with Gasteiger partial charge in [0.2, 0.25) is 0 Å². The lowest BCUT2D eigenvalue weighted by Gasteiger charge is -1.99. The summed E-state index contributed by atoms with van der Waals surface area (Å²) in [6.07, 6.45) is 0. The molecule has 0 fully saturated rings. The molecule has 0 unspecified atom stereocenters. The molecule has 1 aromatic heterocycles. The summed E-state index contributed by atoms with van der Waals surface area (Å²) >= 11 is 0. The first-order chi connectivity index (χ1) is 8.66. The Hall–Kier alpha value is -2.35. The first-order valence-corrected chi connectivity index (χ1v) is 5.78. The average Bonchev–Trinajstić information content (AvgIpc) is 2.75. The predicted molar refractivity (Wildman–Crippen MR) is 72.9 cm³/mol. The standard InChI is InChI=1S/C16H12O2/c1-10(2)16(17)11-7-8-15-13(9-11)12-5-3-4-6-14(12)18-15/h3-9H,1H2,2H3. The third-order valence-corrected chi connectivity index (χ3v) is 3.03. The van der Waals surface area contributed by atoms with E-state index in [0.717, 1.165) is 21.9 Å². The van der Waals surface area contributed by atoms with E-state index in [1.165, 1.54) is 0 Å². The van der Waals surface area contributed by atoms with Gasteiger partial charge in [0.1, 0.15) is 11.2 Å². The molecule has 88 valence electrons. The molecule has 0 amide bonds. The van der Waals surface area contributed by atoms with Gasteiger partial charge in [-0.1, -0.05) is 24.8 Å². The molecular weight excluding hydrogens is 224 g/mol. The molecular formula is C16H12O2. The number of hydrogen-bond donors (Lipinski definition) is 0. The summed E-state index contributed by atoms with van der Waals surface area (Å²) in [6.45, 7) is 5.41. The molecule has 0 aliphatic rings. The fourth-order valence-electron chi connectivity index (χ4n) is 2.11. The Morgan fingerprint density at radius 1 is 1.06 bits per heavy atom. The lowest BCUT2D eigenvalue weighted by atomic mass is 10.0. The number of fused-ring (bicyclic) bond motifs is 3. The number of rotatable bonds is 2. The minimum atomic E-state index is -0.0258. The van der Waals surface area contributed by atoms with Gasteiger partial charge in [-0.3, -0.25) is 4.79 Å². The van der Waals surface area contributed by atoms with Crippen LogP contribution >= 0.6 is 0 Å². The highest BCUT2D eigenvalue weighted by atomic mass is 16.3. The monoisotopic (exact) mass is 236 g/mol. The van der Waals surface area contributed by atoms with Crippen LogP contribution < -0.4 is 0 Å². The Labute approximate surface area is 105 Å². The molecule has 0 atom stereocenters. The van der Waals surface area contributed by atoms with Crippen LogP contribution in [0, 0.1) is 0 Å². The van der Waals surface area contributed by atoms with Crippen LogP contribution in [0.3, 0.4) is 0 Å². The van der Waals surface area contributed by atoms with Crippen LogP contribution in [-0.2, 0) is 0 Å². The molecule has 0 aliphatic carbocycles. The summed E-state index contributed by atoms with van der Waals surface area (Å²) in [4.78, 5) is 11.9. The van der Waals surface area contributed by atoms with E-state index in [9.17, 15) is 4.79 Å². The number of allylic oxidation sites excluding steroid dienone is 1. The molecule has 1 heterocycles. The van der Waals surface area contributed by atoms with Gasteiger partial charge in [-0.15, -0.1) is 0 Å². The van der Waals surface area contributed by atoms with Crippen molar-refractivity contribution in [3.63, 3.8) is 0 Å². The summed E-state index contributed by atoms with van der Waals surface area (Å²) < 4.78 is 5.71. The zero-order valence-electron chi connectivity index (χ0n) is 10.1. The van der Waals surface area contributed by atoms with Crippen molar-refractivity contribution in [2.24, 2.45) is 0 Å². The molecule has 2 heteroatoms. The number of para-hydroxylation sites is 1. The summed E-state index contributed by atoms with van der Waals surface area (Å²) in [5.41, 5.74) is 2.84. The highest BCUT2D eigenvalue weighted by Gasteiger charge is 2.11. The van der Waals surface area contributed by atoms with E-state index < -0.39 is 0 Å². The number of Topliss-reactive ketones (excluding diaryl/α,β-unsaturated/α-hetero) is 1. The predicted octanol–water partition coefficient (Wildman–Crippen LogP) is 4.34. The normalized spacial score (nSPS) is 10.9. The molecule has 2 aromatic carbocycles. The third-order valence-electron chi connectivity index (χ3n) is 3.03. The Balaban J connectivity index is 2.31. The second kappa shape index (κ2) is 3.84. The fraction of sp³-hybridized carbons (Fsp3) is 0.0625. The third kappa shape index (κ3) is 1.54. The van der Waals surface area contributed by atoms with Crippen molar-refractivity contribution < 1.29 is 9.21 Å². The van der Waals surface area contributed by atoms with Gasteiger partial charge in [0, 0.05) is 16.3 Å². The summed E-state index contributed by atoms with van der Waals surface area (Å²) in [5, 5.41) is 2.00. The maximum absolute atomic E-state index is 11.9. The Kier molecular flexibility index (Phi) is 2.30. The van der Waals surface area contributed by atoms with Gasteiger partial charge in [-0.05, 0) is 36.8 Å². The highest BCUT2D eigenvalue weighted by Crippen LogP contribution is 2.29. The lowest BCUT2D eigenvalue weighted by Crippen LogP contribution is -1.98. The quantitative estimate of drug-likeness (QED) is 0.489. The van der Waals surface area contributed by atoms with Crippen LogP contribution in [0.5, 0.6) is 0 Å². The molecule has 0 aliphatic heterocycles. The number of ketones is 1. The minimum absolute atomic E-state index is 0.0258. The zero-order valence-corrected chi connectivity index (χ0v) is 10.1. The van der Waals surface area contributed by atoms with Crippen LogP contribution in [0.25, 0.3) is 21.9 Å². The molecule has 3 aromatic rings. The van der Waals surface area contributed by atoms with E-state index in [1.807, 2.05) is 36.4 Å². The molecule has 18 heavy (non-hydrogen) atoms. The largest absolute Gasteiger partial charge is 0.456 e. The Morgan fingerprint density at radius 2 is 1.78 bits per heavy atom. The van der Waals surface area contributed by atoms with Crippen LogP contribution in [0.4, 0.5) is 0 Å². The van der Waals surface area contributed by atoms with Gasteiger partial charge < -0.3 is 4.42 Å². The SMILES string of the molecule is C=C(C)C(=O)c1ccc2oc3ccccc3c2c1. The second-order valence-electron chi connectivity index (χ2n) is 4.42. The van der Waals surface area contributed by atoms with Crippen molar-refractivity contribution in [2.75, 3.05) is 0 Å². The number of carbonyl (C=O) groups is 1. The molecule has 0 bridgehead atoms. The minimum Gasteiger partial charge on any atom is -0.456 e. The van der Waals surface area contributed by atoms with E-state index in [2.05, 4.69) is 6.58 Å².